The van der Waals surface area contributed by atoms with E-state index in [-0.39, 0.29) is 0 Å². The van der Waals surface area contributed by atoms with Crippen LogP contribution in [0.1, 0.15) is 35.9 Å². The van der Waals surface area contributed by atoms with E-state index < -0.39 is 0 Å². The molecule has 2 aromatic carbocycles. The molecule has 6 rings (SSSR count). The molecule has 142 valence electrons. The third-order valence-electron chi connectivity index (χ3n) is 5.78. The van der Waals surface area contributed by atoms with Gasteiger partial charge >= 0.3 is 0 Å². The minimum atomic E-state index is 0.735. The van der Waals surface area contributed by atoms with Crippen LogP contribution in [0.4, 0.5) is 0 Å². The van der Waals surface area contributed by atoms with Gasteiger partial charge < -0.3 is 19.4 Å². The zero-order chi connectivity index (χ0) is 19.5. The number of rotatable bonds is 2. The van der Waals surface area contributed by atoms with Gasteiger partial charge in [0.15, 0.2) is 23.0 Å². The Balaban J connectivity index is 1.60. The Morgan fingerprint density at radius 1 is 0.966 bits per heavy atom. The van der Waals surface area contributed by atoms with E-state index in [4.69, 9.17) is 9.47 Å². The van der Waals surface area contributed by atoms with Gasteiger partial charge in [0.05, 0.1) is 16.4 Å². The summed E-state index contributed by atoms with van der Waals surface area (Å²) >= 11 is 0. The summed E-state index contributed by atoms with van der Waals surface area (Å²) in [6.07, 6.45) is 12.3. The molecular weight excluding hydrogens is 360 g/mol. The molecule has 1 aliphatic carbocycles. The minimum Gasteiger partial charge on any atom is -0.449 e. The second-order valence-corrected chi connectivity index (χ2v) is 7.45. The molecule has 0 spiro atoms. The van der Waals surface area contributed by atoms with Gasteiger partial charge in [0, 0.05) is 22.3 Å². The number of ether oxygens (including phenoxy) is 2. The quantitative estimate of drug-likeness (QED) is 0.341. The molecule has 29 heavy (non-hydrogen) atoms. The minimum absolute atomic E-state index is 0.735. The zero-order valence-electron chi connectivity index (χ0n) is 16.1. The van der Waals surface area contributed by atoms with Crippen molar-refractivity contribution >= 4 is 40.0 Å². The van der Waals surface area contributed by atoms with Crippen molar-refractivity contribution in [2.45, 2.75) is 19.8 Å². The van der Waals surface area contributed by atoms with Crippen molar-refractivity contribution in [3.63, 3.8) is 0 Å². The molecule has 0 radical (unpaired) electrons. The Morgan fingerprint density at radius 3 is 2.41 bits per heavy atom. The van der Waals surface area contributed by atoms with Crippen LogP contribution in [0, 0.1) is 0 Å². The van der Waals surface area contributed by atoms with E-state index in [1.54, 1.807) is 0 Å². The second kappa shape index (κ2) is 5.92. The summed E-state index contributed by atoms with van der Waals surface area (Å²) in [7, 11) is 0. The highest BCUT2D eigenvalue weighted by Crippen LogP contribution is 2.53. The summed E-state index contributed by atoms with van der Waals surface area (Å²) in [4.78, 5) is 6.93. The molecule has 4 heteroatoms. The van der Waals surface area contributed by atoms with Crippen LogP contribution in [-0.4, -0.2) is 9.97 Å². The standard InChI is InChI=1S/C25H20N2O2/c1-3-7-14-16(4-2)26-18-10-12-20-24(22(14)18)28-21-13-11-19-23(25(21)29-20)15-8-5-6-9-17(15)27-19/h3-4,6-7,9-13,26-27H,2,5,8H2,1H3/b7-3-. The predicted octanol–water partition coefficient (Wildman–Crippen LogP) is 7.18. The van der Waals surface area contributed by atoms with Crippen molar-refractivity contribution in [1.29, 1.82) is 0 Å². The smallest absolute Gasteiger partial charge is 0.180 e. The van der Waals surface area contributed by atoms with Crippen molar-refractivity contribution in [1.82, 2.24) is 9.97 Å². The number of allylic oxidation sites excluding steroid dienone is 2. The summed E-state index contributed by atoms with van der Waals surface area (Å²) in [6.45, 7) is 5.95. The molecule has 2 N–H and O–H groups in total. The van der Waals surface area contributed by atoms with E-state index >= 15 is 0 Å². The highest BCUT2D eigenvalue weighted by atomic mass is 16.6. The van der Waals surface area contributed by atoms with Crippen LogP contribution in [0.2, 0.25) is 0 Å². The van der Waals surface area contributed by atoms with Crippen LogP contribution in [0.3, 0.4) is 0 Å². The molecule has 0 fully saturated rings. The number of fused-ring (bicyclic) bond motifs is 8. The number of aryl methyl sites for hydroxylation is 1. The highest BCUT2D eigenvalue weighted by molar-refractivity contribution is 6.01. The number of hydrogen-bond donors (Lipinski definition) is 2. The topological polar surface area (TPSA) is 50.0 Å². The maximum atomic E-state index is 6.47. The first-order chi connectivity index (χ1) is 14.3. The Hall–Kier alpha value is -3.66. The Kier molecular flexibility index (Phi) is 3.33. The molecule has 2 aliphatic rings. The summed E-state index contributed by atoms with van der Waals surface area (Å²) < 4.78 is 12.9. The van der Waals surface area contributed by atoms with Gasteiger partial charge in [-0.2, -0.15) is 0 Å². The third-order valence-corrected chi connectivity index (χ3v) is 5.78. The lowest BCUT2D eigenvalue weighted by Crippen LogP contribution is -2.01. The SMILES string of the molecule is C=Cc1[nH]c2ccc3c(c2c1/C=C\C)Oc1ccc2[nH]c4c(c2c1O3)CCC=C4. The summed E-state index contributed by atoms with van der Waals surface area (Å²) in [5.74, 6) is 3.03. The van der Waals surface area contributed by atoms with Gasteiger partial charge in [-0.05, 0) is 61.7 Å². The monoisotopic (exact) mass is 380 g/mol. The van der Waals surface area contributed by atoms with Gasteiger partial charge in [-0.3, -0.25) is 0 Å². The van der Waals surface area contributed by atoms with Crippen LogP contribution < -0.4 is 9.47 Å². The van der Waals surface area contributed by atoms with Gasteiger partial charge in [-0.25, -0.2) is 0 Å². The van der Waals surface area contributed by atoms with Gasteiger partial charge in [0.25, 0.3) is 0 Å². The van der Waals surface area contributed by atoms with Gasteiger partial charge in [-0.1, -0.05) is 24.8 Å². The number of benzene rings is 2. The fourth-order valence-electron chi connectivity index (χ4n) is 4.52. The lowest BCUT2D eigenvalue weighted by molar-refractivity contribution is 0.367. The van der Waals surface area contributed by atoms with E-state index in [1.807, 2.05) is 37.3 Å². The fourth-order valence-corrected chi connectivity index (χ4v) is 4.52. The third kappa shape index (κ3) is 2.20. The van der Waals surface area contributed by atoms with Crippen LogP contribution in [0.15, 0.2) is 43.0 Å². The van der Waals surface area contributed by atoms with Crippen LogP contribution >= 0.6 is 0 Å². The number of aromatic amines is 2. The Morgan fingerprint density at radius 2 is 1.69 bits per heavy atom. The van der Waals surface area contributed by atoms with Crippen molar-refractivity contribution in [2.75, 3.05) is 0 Å². The first-order valence-electron chi connectivity index (χ1n) is 9.92. The molecule has 0 bridgehead atoms. The Bertz CT molecular complexity index is 1380. The van der Waals surface area contributed by atoms with Gasteiger partial charge in [0.2, 0.25) is 0 Å². The molecule has 0 unspecified atom stereocenters. The van der Waals surface area contributed by atoms with E-state index in [9.17, 15) is 0 Å². The maximum absolute atomic E-state index is 6.47. The molecule has 2 aromatic heterocycles. The number of nitrogens with one attached hydrogen (secondary N) is 2. The first kappa shape index (κ1) is 16.3. The molecule has 4 aromatic rings. The van der Waals surface area contributed by atoms with Crippen molar-refractivity contribution in [3.05, 3.63) is 65.5 Å². The summed E-state index contributed by atoms with van der Waals surface area (Å²) in [5, 5.41) is 2.14. The zero-order valence-corrected chi connectivity index (χ0v) is 16.1. The highest BCUT2D eigenvalue weighted by Gasteiger charge is 2.28. The van der Waals surface area contributed by atoms with Crippen LogP contribution in [0.5, 0.6) is 23.0 Å². The van der Waals surface area contributed by atoms with Gasteiger partial charge in [0.1, 0.15) is 0 Å². The average molecular weight is 380 g/mol. The van der Waals surface area contributed by atoms with E-state index in [0.29, 0.717) is 0 Å². The van der Waals surface area contributed by atoms with E-state index in [2.05, 4.69) is 40.8 Å². The number of aromatic nitrogens is 2. The van der Waals surface area contributed by atoms with E-state index in [1.165, 1.54) is 11.3 Å². The molecule has 0 saturated heterocycles. The molecule has 1 aliphatic heterocycles. The van der Waals surface area contributed by atoms with Crippen molar-refractivity contribution < 1.29 is 9.47 Å². The van der Waals surface area contributed by atoms with Gasteiger partial charge in [-0.15, -0.1) is 0 Å². The summed E-state index contributed by atoms with van der Waals surface area (Å²) in [5.41, 5.74) is 6.59. The van der Waals surface area contributed by atoms with Crippen LogP contribution in [-0.2, 0) is 6.42 Å². The molecule has 0 amide bonds. The predicted molar refractivity (Wildman–Crippen MR) is 119 cm³/mol. The van der Waals surface area contributed by atoms with Crippen molar-refractivity contribution in [3.8, 4) is 23.0 Å². The normalized spacial score (nSPS) is 14.5. The number of H-pyrrole nitrogens is 2. The van der Waals surface area contributed by atoms with Crippen molar-refractivity contribution in [2.24, 2.45) is 0 Å². The largest absolute Gasteiger partial charge is 0.449 e. The second-order valence-electron chi connectivity index (χ2n) is 7.45. The molecule has 3 heterocycles. The maximum Gasteiger partial charge on any atom is 0.180 e. The first-order valence-corrected chi connectivity index (χ1v) is 9.92. The molecule has 0 saturated carbocycles. The molecule has 4 nitrogen and oxygen atoms in total. The molecule has 0 atom stereocenters. The van der Waals surface area contributed by atoms with E-state index in [0.717, 1.165) is 68.9 Å². The Labute approximate surface area is 168 Å². The average Bonchev–Trinajstić information content (AvgIpc) is 3.31. The summed E-state index contributed by atoms with van der Waals surface area (Å²) in [6, 6.07) is 8.08. The number of hydrogen-bond acceptors (Lipinski definition) is 2. The van der Waals surface area contributed by atoms with Crippen LogP contribution in [0.25, 0.3) is 40.0 Å². The lowest BCUT2D eigenvalue weighted by Gasteiger charge is -2.22. The molecular formula is C25H20N2O2. The lowest BCUT2D eigenvalue weighted by atomic mass is 10.00. The fraction of sp³-hybridized carbons (Fsp3) is 0.120.